The highest BCUT2D eigenvalue weighted by molar-refractivity contribution is 8.01. The van der Waals surface area contributed by atoms with Crippen LogP contribution in [0.5, 0.6) is 0 Å². The van der Waals surface area contributed by atoms with Gasteiger partial charge in [-0.25, -0.2) is 0 Å². The molecule has 0 bridgehead atoms. The van der Waals surface area contributed by atoms with Crippen LogP contribution in [0.25, 0.3) is 0 Å². The maximum atomic E-state index is 12.0. The molecule has 0 spiro atoms. The average Bonchev–Trinajstić information content (AvgIpc) is 3.10. The predicted octanol–water partition coefficient (Wildman–Crippen LogP) is 3.95. The van der Waals surface area contributed by atoms with Gasteiger partial charge in [0, 0.05) is 11.3 Å². The van der Waals surface area contributed by atoms with Crippen LogP contribution in [0.2, 0.25) is 0 Å². The van der Waals surface area contributed by atoms with E-state index in [1.54, 1.807) is 24.3 Å². The van der Waals surface area contributed by atoms with Gasteiger partial charge in [0.2, 0.25) is 11.0 Å². The lowest BCUT2D eigenvalue weighted by atomic mass is 10.1. The van der Waals surface area contributed by atoms with E-state index in [0.29, 0.717) is 15.0 Å². The highest BCUT2D eigenvalue weighted by Gasteiger charge is 2.12. The quantitative estimate of drug-likeness (QED) is 0.612. The molecular formula is C19H18N4O2S2. The van der Waals surface area contributed by atoms with Crippen LogP contribution < -0.4 is 10.6 Å². The Morgan fingerprint density at radius 3 is 2.59 bits per heavy atom. The fraction of sp³-hybridized carbons (Fsp3) is 0.158. The minimum atomic E-state index is -0.407. The average molecular weight is 399 g/mol. The first-order valence-corrected chi connectivity index (χ1v) is 10.0. The van der Waals surface area contributed by atoms with Crippen molar-refractivity contribution < 1.29 is 9.59 Å². The van der Waals surface area contributed by atoms with Gasteiger partial charge in [-0.3, -0.25) is 14.9 Å². The smallest absolute Gasteiger partial charge is 0.257 e. The van der Waals surface area contributed by atoms with Crippen molar-refractivity contribution in [3.63, 3.8) is 0 Å². The molecule has 2 N–H and O–H groups in total. The van der Waals surface area contributed by atoms with E-state index in [0.717, 1.165) is 11.3 Å². The highest BCUT2D eigenvalue weighted by atomic mass is 32.2. The van der Waals surface area contributed by atoms with Gasteiger partial charge in [0.1, 0.15) is 0 Å². The van der Waals surface area contributed by atoms with Crippen molar-refractivity contribution >= 4 is 45.7 Å². The number of hydrogen-bond donors (Lipinski definition) is 2. The van der Waals surface area contributed by atoms with Gasteiger partial charge in [-0.15, -0.1) is 10.2 Å². The summed E-state index contributed by atoms with van der Waals surface area (Å²) in [6, 6.07) is 14.7. The zero-order valence-electron chi connectivity index (χ0n) is 14.9. The van der Waals surface area contributed by atoms with E-state index in [2.05, 4.69) is 26.9 Å². The Labute approximate surface area is 165 Å². The van der Waals surface area contributed by atoms with E-state index >= 15 is 0 Å². The third kappa shape index (κ3) is 5.38. The number of imide groups is 1. The molecule has 3 rings (SSSR count). The zero-order chi connectivity index (χ0) is 19.2. The number of benzene rings is 2. The monoisotopic (exact) mass is 398 g/mol. The molecular weight excluding hydrogens is 380 g/mol. The van der Waals surface area contributed by atoms with Gasteiger partial charge < -0.3 is 5.32 Å². The van der Waals surface area contributed by atoms with Crippen LogP contribution in [-0.4, -0.2) is 27.8 Å². The Kier molecular flexibility index (Phi) is 6.20. The second kappa shape index (κ2) is 8.79. The van der Waals surface area contributed by atoms with E-state index in [1.807, 2.05) is 32.0 Å². The molecule has 138 valence electrons. The summed E-state index contributed by atoms with van der Waals surface area (Å²) in [5.74, 6) is -0.680. The summed E-state index contributed by atoms with van der Waals surface area (Å²) < 4.78 is 0.657. The van der Waals surface area contributed by atoms with Gasteiger partial charge in [0.15, 0.2) is 4.34 Å². The number of nitrogens with zero attached hydrogens (tertiary/aromatic N) is 2. The molecule has 2 amide bonds. The number of thioether (sulfide) groups is 1. The number of amides is 2. The molecule has 0 aliphatic heterocycles. The molecule has 6 nitrogen and oxygen atoms in total. The second-order valence-electron chi connectivity index (χ2n) is 5.85. The first-order valence-electron chi connectivity index (χ1n) is 8.21. The Morgan fingerprint density at radius 2 is 1.85 bits per heavy atom. The van der Waals surface area contributed by atoms with E-state index < -0.39 is 5.91 Å². The van der Waals surface area contributed by atoms with Crippen LogP contribution in [0.1, 0.15) is 21.5 Å². The second-order valence-corrected chi connectivity index (χ2v) is 8.05. The lowest BCUT2D eigenvalue weighted by molar-refractivity contribution is -0.117. The van der Waals surface area contributed by atoms with Crippen LogP contribution in [-0.2, 0) is 4.79 Å². The molecule has 27 heavy (non-hydrogen) atoms. The number of hydrogen-bond acceptors (Lipinski definition) is 7. The maximum absolute atomic E-state index is 12.0. The summed E-state index contributed by atoms with van der Waals surface area (Å²) in [6.07, 6.45) is 0. The molecule has 0 fully saturated rings. The van der Waals surface area contributed by atoms with Gasteiger partial charge in [-0.2, -0.15) is 0 Å². The molecule has 1 heterocycles. The van der Waals surface area contributed by atoms with Crippen molar-refractivity contribution in [2.24, 2.45) is 0 Å². The van der Waals surface area contributed by atoms with Crippen molar-refractivity contribution in [2.75, 3.05) is 11.1 Å². The van der Waals surface area contributed by atoms with Crippen LogP contribution in [0.4, 0.5) is 10.8 Å². The van der Waals surface area contributed by atoms with Crippen molar-refractivity contribution in [3.8, 4) is 0 Å². The summed E-state index contributed by atoms with van der Waals surface area (Å²) >= 11 is 2.61. The van der Waals surface area contributed by atoms with E-state index in [4.69, 9.17) is 0 Å². The minimum Gasteiger partial charge on any atom is -0.330 e. The lowest BCUT2D eigenvalue weighted by Gasteiger charge is -2.06. The number of carbonyl (C=O) groups is 2. The Balaban J connectivity index is 1.52. The van der Waals surface area contributed by atoms with E-state index in [-0.39, 0.29) is 11.7 Å². The predicted molar refractivity (Wildman–Crippen MR) is 109 cm³/mol. The molecule has 1 aromatic heterocycles. The minimum absolute atomic E-state index is 0.0940. The standard InChI is InChI=1S/C19H18N4O2S2/c1-12-8-9-15(13(2)10-12)20-18-22-23-19(27-18)26-11-16(24)21-17(25)14-6-4-3-5-7-14/h3-10H,11H2,1-2H3,(H,20,22)(H,21,24,25). The third-order valence-corrected chi connectivity index (χ3v) is 5.62. The topological polar surface area (TPSA) is 84.0 Å². The fourth-order valence-corrected chi connectivity index (χ4v) is 3.90. The SMILES string of the molecule is Cc1ccc(Nc2nnc(SCC(=O)NC(=O)c3ccccc3)s2)c(C)c1. The number of carbonyl (C=O) groups excluding carboxylic acids is 2. The number of nitrogens with one attached hydrogen (secondary N) is 2. The number of anilines is 2. The lowest BCUT2D eigenvalue weighted by Crippen LogP contribution is -2.31. The fourth-order valence-electron chi connectivity index (χ4n) is 2.34. The van der Waals surface area contributed by atoms with Crippen LogP contribution >= 0.6 is 23.1 Å². The summed E-state index contributed by atoms with van der Waals surface area (Å²) in [6.45, 7) is 4.07. The molecule has 0 radical (unpaired) electrons. The van der Waals surface area contributed by atoms with E-state index in [9.17, 15) is 9.59 Å². The third-order valence-electron chi connectivity index (χ3n) is 3.65. The summed E-state index contributed by atoms with van der Waals surface area (Å²) in [7, 11) is 0. The summed E-state index contributed by atoms with van der Waals surface area (Å²) in [4.78, 5) is 23.9. The maximum Gasteiger partial charge on any atom is 0.257 e. The molecule has 8 heteroatoms. The van der Waals surface area contributed by atoms with Gasteiger partial charge >= 0.3 is 0 Å². The van der Waals surface area contributed by atoms with Crippen molar-refractivity contribution in [1.82, 2.24) is 15.5 Å². The molecule has 0 atom stereocenters. The van der Waals surface area contributed by atoms with Crippen molar-refractivity contribution in [2.45, 2.75) is 18.2 Å². The molecule has 0 saturated heterocycles. The van der Waals surface area contributed by atoms with Crippen molar-refractivity contribution in [1.29, 1.82) is 0 Å². The number of aryl methyl sites for hydroxylation is 2. The van der Waals surface area contributed by atoms with E-state index in [1.165, 1.54) is 28.7 Å². The molecule has 0 aliphatic rings. The normalized spacial score (nSPS) is 10.4. The molecule has 2 aromatic carbocycles. The largest absolute Gasteiger partial charge is 0.330 e. The highest BCUT2D eigenvalue weighted by Crippen LogP contribution is 2.28. The first kappa shape index (κ1) is 19.1. The molecule has 3 aromatic rings. The van der Waals surface area contributed by atoms with Crippen LogP contribution in [0.3, 0.4) is 0 Å². The summed E-state index contributed by atoms with van der Waals surface area (Å²) in [5.41, 5.74) is 3.74. The van der Waals surface area contributed by atoms with Crippen molar-refractivity contribution in [3.05, 3.63) is 65.2 Å². The van der Waals surface area contributed by atoms with Gasteiger partial charge in [0.25, 0.3) is 5.91 Å². The number of rotatable bonds is 6. The van der Waals surface area contributed by atoms with Gasteiger partial charge in [-0.1, -0.05) is 59.0 Å². The Hall–Kier alpha value is -2.71. The Morgan fingerprint density at radius 1 is 1.07 bits per heavy atom. The van der Waals surface area contributed by atoms with Crippen LogP contribution in [0, 0.1) is 13.8 Å². The zero-order valence-corrected chi connectivity index (χ0v) is 16.5. The summed E-state index contributed by atoms with van der Waals surface area (Å²) in [5, 5.41) is 14.4. The molecule has 0 unspecified atom stereocenters. The van der Waals surface area contributed by atoms with Gasteiger partial charge in [0.05, 0.1) is 5.75 Å². The number of aromatic nitrogens is 2. The molecule has 0 saturated carbocycles. The van der Waals surface area contributed by atoms with Gasteiger partial charge in [-0.05, 0) is 37.6 Å². The Bertz CT molecular complexity index is 957. The first-order chi connectivity index (χ1) is 13.0. The van der Waals surface area contributed by atoms with Crippen LogP contribution in [0.15, 0.2) is 52.9 Å². The molecule has 0 aliphatic carbocycles.